The highest BCUT2D eigenvalue weighted by Gasteiger charge is 2.35. The summed E-state index contributed by atoms with van der Waals surface area (Å²) in [5.41, 5.74) is 1.36. The van der Waals surface area contributed by atoms with E-state index in [0.29, 0.717) is 24.8 Å². The zero-order valence-electron chi connectivity index (χ0n) is 11.1. The number of carbonyl (C=O) groups is 2. The molecule has 2 fully saturated rings. The molecular weight excluding hydrogens is 320 g/mol. The molecule has 1 saturated carbocycles. The van der Waals surface area contributed by atoms with Crippen molar-refractivity contribution in [3.8, 4) is 0 Å². The van der Waals surface area contributed by atoms with E-state index in [1.165, 1.54) is 5.56 Å². The third-order valence-electron chi connectivity index (χ3n) is 4.16. The van der Waals surface area contributed by atoms with Gasteiger partial charge in [-0.15, -0.1) is 0 Å². The van der Waals surface area contributed by atoms with Gasteiger partial charge in [0.25, 0.3) is 0 Å². The molecular formula is C15H17BrN2O2. The molecule has 0 radical (unpaired) electrons. The molecule has 0 spiro atoms. The van der Waals surface area contributed by atoms with Crippen molar-refractivity contribution in [1.82, 2.24) is 10.6 Å². The average Bonchev–Trinajstić information content (AvgIpc) is 2.37. The van der Waals surface area contributed by atoms with Crippen LogP contribution in [0.2, 0.25) is 0 Å². The van der Waals surface area contributed by atoms with E-state index in [2.05, 4.69) is 50.8 Å². The molecule has 2 aliphatic rings. The first-order valence-electron chi connectivity index (χ1n) is 6.97. The molecule has 0 bridgehead atoms. The molecule has 0 aromatic heterocycles. The molecule has 1 saturated heterocycles. The summed E-state index contributed by atoms with van der Waals surface area (Å²) in [7, 11) is 0. The van der Waals surface area contributed by atoms with Crippen LogP contribution in [-0.2, 0) is 9.59 Å². The summed E-state index contributed by atoms with van der Waals surface area (Å²) in [6, 6.07) is 8.61. The number of carbonyl (C=O) groups excluding carboxylic acids is 2. The highest BCUT2D eigenvalue weighted by atomic mass is 79.9. The minimum absolute atomic E-state index is 0.158. The van der Waals surface area contributed by atoms with Crippen LogP contribution >= 0.6 is 15.9 Å². The van der Waals surface area contributed by atoms with Crippen molar-refractivity contribution >= 4 is 27.7 Å². The molecule has 5 heteroatoms. The van der Waals surface area contributed by atoms with Crippen molar-refractivity contribution in [3.05, 3.63) is 34.3 Å². The second-order valence-electron chi connectivity index (χ2n) is 5.59. The van der Waals surface area contributed by atoms with Crippen molar-refractivity contribution < 1.29 is 9.59 Å². The maximum absolute atomic E-state index is 11.7. The van der Waals surface area contributed by atoms with Gasteiger partial charge in [0.2, 0.25) is 11.8 Å². The molecule has 1 atom stereocenters. The van der Waals surface area contributed by atoms with Crippen LogP contribution in [-0.4, -0.2) is 23.9 Å². The van der Waals surface area contributed by atoms with Gasteiger partial charge in [-0.05, 0) is 42.9 Å². The van der Waals surface area contributed by atoms with Crippen LogP contribution < -0.4 is 10.6 Å². The van der Waals surface area contributed by atoms with Crippen molar-refractivity contribution in [1.29, 1.82) is 0 Å². The number of hydrogen-bond donors (Lipinski definition) is 2. The van der Waals surface area contributed by atoms with E-state index in [1.54, 1.807) is 0 Å². The Bertz CT molecular complexity index is 523. The molecule has 106 valence electrons. The topological polar surface area (TPSA) is 58.2 Å². The van der Waals surface area contributed by atoms with Gasteiger partial charge in [-0.1, -0.05) is 28.1 Å². The highest BCUT2D eigenvalue weighted by molar-refractivity contribution is 9.10. The Labute approximate surface area is 126 Å². The normalized spacial score (nSPS) is 29.8. The van der Waals surface area contributed by atoms with Crippen LogP contribution in [0.15, 0.2) is 28.7 Å². The van der Waals surface area contributed by atoms with Gasteiger partial charge in [0.05, 0.1) is 6.04 Å². The summed E-state index contributed by atoms with van der Waals surface area (Å²) >= 11 is 3.44. The van der Waals surface area contributed by atoms with Crippen LogP contribution in [0.5, 0.6) is 0 Å². The Hall–Kier alpha value is -1.20. The SMILES string of the molecule is O=C1CCC(NC2CC(c3ccc(Br)cc3)C2)C(=O)N1. The molecule has 1 heterocycles. The minimum Gasteiger partial charge on any atom is -0.303 e. The third kappa shape index (κ3) is 2.94. The van der Waals surface area contributed by atoms with Crippen molar-refractivity contribution in [2.75, 3.05) is 0 Å². The van der Waals surface area contributed by atoms with Crippen molar-refractivity contribution in [3.63, 3.8) is 0 Å². The fourth-order valence-corrected chi connectivity index (χ4v) is 3.16. The Morgan fingerprint density at radius 1 is 1.15 bits per heavy atom. The van der Waals surface area contributed by atoms with Crippen LogP contribution in [0.3, 0.4) is 0 Å². The molecule has 1 unspecified atom stereocenters. The Balaban J connectivity index is 1.50. The molecule has 1 aliphatic heterocycles. The maximum atomic E-state index is 11.7. The predicted molar refractivity (Wildman–Crippen MR) is 79.2 cm³/mol. The van der Waals surface area contributed by atoms with E-state index in [1.807, 2.05) is 0 Å². The van der Waals surface area contributed by atoms with E-state index in [0.717, 1.165) is 17.3 Å². The van der Waals surface area contributed by atoms with Crippen LogP contribution in [0.4, 0.5) is 0 Å². The van der Waals surface area contributed by atoms with Gasteiger partial charge in [0.15, 0.2) is 0 Å². The summed E-state index contributed by atoms with van der Waals surface area (Å²) in [5, 5.41) is 5.75. The third-order valence-corrected chi connectivity index (χ3v) is 4.68. The molecule has 20 heavy (non-hydrogen) atoms. The first-order valence-corrected chi connectivity index (χ1v) is 7.76. The number of piperidine rings is 1. The number of amides is 2. The van der Waals surface area contributed by atoms with Crippen LogP contribution in [0, 0.1) is 0 Å². The van der Waals surface area contributed by atoms with Crippen LogP contribution in [0.1, 0.15) is 37.2 Å². The summed E-state index contributed by atoms with van der Waals surface area (Å²) in [6.07, 6.45) is 3.16. The van der Waals surface area contributed by atoms with Gasteiger partial charge >= 0.3 is 0 Å². The second kappa shape index (κ2) is 5.66. The number of nitrogens with one attached hydrogen (secondary N) is 2. The Morgan fingerprint density at radius 2 is 1.85 bits per heavy atom. The van der Waals surface area contributed by atoms with Gasteiger partial charge in [0, 0.05) is 16.9 Å². The minimum atomic E-state index is -0.205. The smallest absolute Gasteiger partial charge is 0.243 e. The Morgan fingerprint density at radius 3 is 2.50 bits per heavy atom. The molecule has 1 aliphatic carbocycles. The summed E-state index contributed by atoms with van der Waals surface area (Å²) in [5.74, 6) is 0.247. The zero-order valence-corrected chi connectivity index (χ0v) is 12.7. The van der Waals surface area contributed by atoms with Gasteiger partial charge in [0.1, 0.15) is 0 Å². The van der Waals surface area contributed by atoms with Gasteiger partial charge in [-0.2, -0.15) is 0 Å². The van der Waals surface area contributed by atoms with E-state index < -0.39 is 0 Å². The molecule has 2 amide bonds. The molecule has 1 aromatic carbocycles. The largest absolute Gasteiger partial charge is 0.303 e. The number of hydrogen-bond acceptors (Lipinski definition) is 3. The number of rotatable bonds is 3. The average molecular weight is 337 g/mol. The standard InChI is InChI=1S/C15H17BrN2O2/c16-11-3-1-9(2-4-11)10-7-12(8-10)17-13-5-6-14(19)18-15(13)20/h1-4,10,12-13,17H,5-8H2,(H,18,19,20). The number of halogens is 1. The van der Waals surface area contributed by atoms with E-state index in [9.17, 15) is 9.59 Å². The quantitative estimate of drug-likeness (QED) is 0.831. The Kier molecular flexibility index (Phi) is 3.89. The van der Waals surface area contributed by atoms with Crippen molar-refractivity contribution in [2.24, 2.45) is 0 Å². The first-order chi connectivity index (χ1) is 9.61. The lowest BCUT2D eigenvalue weighted by Crippen LogP contribution is -2.55. The van der Waals surface area contributed by atoms with Gasteiger partial charge < -0.3 is 5.32 Å². The first kappa shape index (κ1) is 13.8. The molecule has 1 aromatic rings. The number of benzene rings is 1. The lowest BCUT2D eigenvalue weighted by Gasteiger charge is -2.39. The zero-order chi connectivity index (χ0) is 14.1. The molecule has 4 nitrogen and oxygen atoms in total. The molecule has 2 N–H and O–H groups in total. The van der Waals surface area contributed by atoms with E-state index >= 15 is 0 Å². The summed E-state index contributed by atoms with van der Waals surface area (Å²) < 4.78 is 1.10. The van der Waals surface area contributed by atoms with Crippen molar-refractivity contribution in [2.45, 2.75) is 43.7 Å². The summed E-state index contributed by atoms with van der Waals surface area (Å²) in [4.78, 5) is 22.8. The number of imide groups is 1. The van der Waals surface area contributed by atoms with E-state index in [4.69, 9.17) is 0 Å². The monoisotopic (exact) mass is 336 g/mol. The van der Waals surface area contributed by atoms with Gasteiger partial charge in [-0.3, -0.25) is 14.9 Å². The van der Waals surface area contributed by atoms with Crippen LogP contribution in [0.25, 0.3) is 0 Å². The summed E-state index contributed by atoms with van der Waals surface area (Å²) in [6.45, 7) is 0. The fraction of sp³-hybridized carbons (Fsp3) is 0.467. The fourth-order valence-electron chi connectivity index (χ4n) is 2.90. The van der Waals surface area contributed by atoms with Gasteiger partial charge in [-0.25, -0.2) is 0 Å². The molecule has 3 rings (SSSR count). The predicted octanol–water partition coefficient (Wildman–Crippen LogP) is 2.09. The lowest BCUT2D eigenvalue weighted by atomic mass is 9.75. The highest BCUT2D eigenvalue weighted by Crippen LogP contribution is 2.37. The second-order valence-corrected chi connectivity index (χ2v) is 6.50. The lowest BCUT2D eigenvalue weighted by molar-refractivity contribution is -0.135. The maximum Gasteiger partial charge on any atom is 0.243 e. The van der Waals surface area contributed by atoms with E-state index in [-0.39, 0.29) is 17.9 Å².